The third-order valence-electron chi connectivity index (χ3n) is 4.26. The molecule has 6 heteroatoms. The lowest BCUT2D eigenvalue weighted by atomic mass is 10.1. The molecule has 1 aliphatic rings. The second-order valence-corrected chi connectivity index (χ2v) is 7.01. The Bertz CT molecular complexity index is 823. The van der Waals surface area contributed by atoms with Gasteiger partial charge >= 0.3 is 0 Å². The van der Waals surface area contributed by atoms with Crippen molar-refractivity contribution in [2.45, 2.75) is 25.2 Å². The minimum atomic E-state index is 0.542. The second kappa shape index (κ2) is 5.92. The standard InChI is InChI=1S/C17H18BrN5/c1-22(11-10-12-2-6-14(18)7-3-12)16-9-8-15-19-20-17(13-4-5-13)23(15)21-16/h2-3,6-9,13H,4-5,10-11H2,1H3. The minimum Gasteiger partial charge on any atom is -0.358 e. The molecule has 1 aliphatic carbocycles. The Hall–Kier alpha value is -1.95. The van der Waals surface area contributed by atoms with Crippen molar-refractivity contribution in [2.24, 2.45) is 0 Å². The van der Waals surface area contributed by atoms with E-state index >= 15 is 0 Å². The number of aromatic nitrogens is 4. The molecule has 3 aromatic rings. The fourth-order valence-electron chi connectivity index (χ4n) is 2.66. The average molecular weight is 372 g/mol. The number of nitrogens with zero attached hydrogens (tertiary/aromatic N) is 5. The number of anilines is 1. The first-order chi connectivity index (χ1) is 11.2. The molecule has 1 fully saturated rings. The largest absolute Gasteiger partial charge is 0.358 e. The fourth-order valence-corrected chi connectivity index (χ4v) is 2.92. The second-order valence-electron chi connectivity index (χ2n) is 6.09. The monoisotopic (exact) mass is 371 g/mol. The van der Waals surface area contributed by atoms with E-state index in [1.807, 2.05) is 16.6 Å². The smallest absolute Gasteiger partial charge is 0.178 e. The Kier molecular flexibility index (Phi) is 3.77. The Labute approximate surface area is 143 Å². The van der Waals surface area contributed by atoms with Crippen LogP contribution < -0.4 is 4.90 Å². The summed E-state index contributed by atoms with van der Waals surface area (Å²) in [7, 11) is 2.08. The van der Waals surface area contributed by atoms with Gasteiger partial charge in [-0.2, -0.15) is 4.52 Å². The van der Waals surface area contributed by atoms with Crippen molar-refractivity contribution in [2.75, 3.05) is 18.5 Å². The van der Waals surface area contributed by atoms with Crippen LogP contribution in [0.15, 0.2) is 40.9 Å². The van der Waals surface area contributed by atoms with E-state index in [1.165, 1.54) is 18.4 Å². The van der Waals surface area contributed by atoms with E-state index in [9.17, 15) is 0 Å². The highest BCUT2D eigenvalue weighted by molar-refractivity contribution is 9.10. The summed E-state index contributed by atoms with van der Waals surface area (Å²) < 4.78 is 3.02. The molecule has 0 atom stereocenters. The summed E-state index contributed by atoms with van der Waals surface area (Å²) in [6.07, 6.45) is 3.39. The molecular weight excluding hydrogens is 354 g/mol. The van der Waals surface area contributed by atoms with Crippen molar-refractivity contribution in [3.8, 4) is 0 Å². The highest BCUT2D eigenvalue weighted by Gasteiger charge is 2.29. The lowest BCUT2D eigenvalue weighted by Gasteiger charge is -2.18. The molecule has 0 N–H and O–H groups in total. The summed E-state index contributed by atoms with van der Waals surface area (Å²) >= 11 is 3.47. The van der Waals surface area contributed by atoms with Gasteiger partial charge in [0.05, 0.1) is 0 Å². The van der Waals surface area contributed by atoms with Gasteiger partial charge in [0.25, 0.3) is 0 Å². The van der Waals surface area contributed by atoms with Gasteiger partial charge in [-0.3, -0.25) is 0 Å². The zero-order chi connectivity index (χ0) is 15.8. The van der Waals surface area contributed by atoms with E-state index in [0.717, 1.165) is 34.7 Å². The number of hydrogen-bond acceptors (Lipinski definition) is 4. The predicted octanol–water partition coefficient (Wildman–Crippen LogP) is 3.44. The van der Waals surface area contributed by atoms with Gasteiger partial charge in [0, 0.05) is 24.0 Å². The number of benzene rings is 1. The fraction of sp³-hybridized carbons (Fsp3) is 0.353. The molecule has 23 heavy (non-hydrogen) atoms. The lowest BCUT2D eigenvalue weighted by molar-refractivity contribution is 0.782. The molecule has 2 aromatic heterocycles. The molecule has 0 saturated heterocycles. The van der Waals surface area contributed by atoms with Crippen molar-refractivity contribution >= 4 is 27.4 Å². The maximum Gasteiger partial charge on any atom is 0.178 e. The van der Waals surface area contributed by atoms with E-state index < -0.39 is 0 Å². The Morgan fingerprint density at radius 2 is 1.91 bits per heavy atom. The molecule has 0 unspecified atom stereocenters. The number of rotatable bonds is 5. The highest BCUT2D eigenvalue weighted by atomic mass is 79.9. The van der Waals surface area contributed by atoms with Crippen LogP contribution >= 0.6 is 15.9 Å². The molecule has 1 saturated carbocycles. The summed E-state index contributed by atoms with van der Waals surface area (Å²) in [5.41, 5.74) is 2.15. The van der Waals surface area contributed by atoms with E-state index in [0.29, 0.717) is 5.92 Å². The maximum absolute atomic E-state index is 4.73. The summed E-state index contributed by atoms with van der Waals surface area (Å²) in [5, 5.41) is 13.2. The molecule has 1 aromatic carbocycles. The van der Waals surface area contributed by atoms with E-state index in [4.69, 9.17) is 5.10 Å². The van der Waals surface area contributed by atoms with E-state index in [-0.39, 0.29) is 0 Å². The number of likely N-dealkylation sites (N-methyl/N-ethyl adjacent to an activating group) is 1. The highest BCUT2D eigenvalue weighted by Crippen LogP contribution is 2.38. The van der Waals surface area contributed by atoms with Crippen molar-refractivity contribution < 1.29 is 0 Å². The van der Waals surface area contributed by atoms with Gasteiger partial charge in [0.15, 0.2) is 11.5 Å². The molecule has 5 nitrogen and oxygen atoms in total. The van der Waals surface area contributed by atoms with Crippen molar-refractivity contribution in [3.63, 3.8) is 0 Å². The van der Waals surface area contributed by atoms with Gasteiger partial charge < -0.3 is 4.90 Å². The van der Waals surface area contributed by atoms with Crippen molar-refractivity contribution in [3.05, 3.63) is 52.3 Å². The topological polar surface area (TPSA) is 46.3 Å². The van der Waals surface area contributed by atoms with Crippen LogP contribution in [0.2, 0.25) is 0 Å². The molecule has 0 aliphatic heterocycles. The molecule has 118 valence electrons. The van der Waals surface area contributed by atoms with Gasteiger partial charge in [0.2, 0.25) is 0 Å². The zero-order valence-corrected chi connectivity index (χ0v) is 14.6. The molecule has 0 amide bonds. The molecule has 0 bridgehead atoms. The Balaban J connectivity index is 1.51. The molecule has 4 rings (SSSR count). The number of halogens is 1. The first-order valence-electron chi connectivity index (χ1n) is 7.88. The Morgan fingerprint density at radius 3 is 2.65 bits per heavy atom. The predicted molar refractivity (Wildman–Crippen MR) is 93.9 cm³/mol. The van der Waals surface area contributed by atoms with E-state index in [2.05, 4.69) is 62.3 Å². The van der Waals surface area contributed by atoms with Gasteiger partial charge in [-0.05, 0) is 49.1 Å². The molecule has 0 radical (unpaired) electrons. The zero-order valence-electron chi connectivity index (χ0n) is 13.0. The molecule has 0 spiro atoms. The summed E-state index contributed by atoms with van der Waals surface area (Å²) in [6, 6.07) is 12.5. The quantitative estimate of drug-likeness (QED) is 0.688. The SMILES string of the molecule is CN(CCc1ccc(Br)cc1)c1ccc2nnc(C3CC3)n2n1. The number of hydrogen-bond donors (Lipinski definition) is 0. The molecular formula is C17H18BrN5. The van der Waals surface area contributed by atoms with E-state index in [1.54, 1.807) is 0 Å². The van der Waals surface area contributed by atoms with Crippen LogP contribution in [-0.4, -0.2) is 33.4 Å². The summed E-state index contributed by atoms with van der Waals surface area (Å²) in [5.74, 6) is 2.50. The van der Waals surface area contributed by atoms with Crippen LogP contribution in [0.25, 0.3) is 5.65 Å². The minimum absolute atomic E-state index is 0.542. The van der Waals surface area contributed by atoms with Crippen LogP contribution in [0.1, 0.15) is 30.1 Å². The van der Waals surface area contributed by atoms with Gasteiger partial charge in [0.1, 0.15) is 5.82 Å². The lowest BCUT2D eigenvalue weighted by Crippen LogP contribution is -2.22. The van der Waals surface area contributed by atoms with Crippen LogP contribution in [0.3, 0.4) is 0 Å². The maximum atomic E-state index is 4.73. The van der Waals surface area contributed by atoms with Gasteiger partial charge in [-0.15, -0.1) is 15.3 Å². The first-order valence-corrected chi connectivity index (χ1v) is 8.68. The van der Waals surface area contributed by atoms with Crippen LogP contribution in [0, 0.1) is 0 Å². The molecule has 2 heterocycles. The van der Waals surface area contributed by atoms with Crippen molar-refractivity contribution in [1.82, 2.24) is 19.8 Å². The Morgan fingerprint density at radius 1 is 1.13 bits per heavy atom. The normalized spacial score (nSPS) is 14.3. The summed E-state index contributed by atoms with van der Waals surface area (Å²) in [4.78, 5) is 2.18. The van der Waals surface area contributed by atoms with Crippen LogP contribution in [-0.2, 0) is 6.42 Å². The van der Waals surface area contributed by atoms with Gasteiger partial charge in [-0.1, -0.05) is 28.1 Å². The average Bonchev–Trinajstić information content (AvgIpc) is 3.33. The summed E-state index contributed by atoms with van der Waals surface area (Å²) in [6.45, 7) is 0.918. The first kappa shape index (κ1) is 14.6. The van der Waals surface area contributed by atoms with Gasteiger partial charge in [-0.25, -0.2) is 0 Å². The van der Waals surface area contributed by atoms with Crippen LogP contribution in [0.5, 0.6) is 0 Å². The van der Waals surface area contributed by atoms with Crippen molar-refractivity contribution in [1.29, 1.82) is 0 Å². The third kappa shape index (κ3) is 3.08. The third-order valence-corrected chi connectivity index (χ3v) is 4.78. The number of fused-ring (bicyclic) bond motifs is 1. The van der Waals surface area contributed by atoms with Crippen LogP contribution in [0.4, 0.5) is 5.82 Å².